The van der Waals surface area contributed by atoms with Crippen LogP contribution < -0.4 is 4.74 Å². The lowest BCUT2D eigenvalue weighted by Crippen LogP contribution is -2.04. The Hall–Kier alpha value is -2.50. The smallest absolute Gasteiger partial charge is 0.416 e. The van der Waals surface area contributed by atoms with E-state index in [4.69, 9.17) is 9.84 Å². The van der Waals surface area contributed by atoms with E-state index in [0.29, 0.717) is 5.75 Å². The highest BCUT2D eigenvalue weighted by molar-refractivity contribution is 5.87. The molecule has 0 unspecified atom stereocenters. The van der Waals surface area contributed by atoms with Crippen molar-refractivity contribution in [3.05, 3.63) is 65.2 Å². The van der Waals surface area contributed by atoms with Crippen molar-refractivity contribution in [1.82, 2.24) is 0 Å². The molecule has 0 aliphatic rings. The maximum absolute atomic E-state index is 12.4. The Morgan fingerprint density at radius 1 is 1.00 bits per heavy atom. The number of carboxylic acid groups (broad SMARTS) is 1. The molecule has 0 atom stereocenters. The van der Waals surface area contributed by atoms with Crippen LogP contribution in [0, 0.1) is 0 Å². The molecule has 0 radical (unpaired) electrons. The lowest BCUT2D eigenvalue weighted by atomic mass is 10.1. The number of alkyl halides is 3. The van der Waals surface area contributed by atoms with Crippen molar-refractivity contribution < 1.29 is 27.8 Å². The van der Waals surface area contributed by atoms with Crippen LogP contribution in [0.3, 0.4) is 0 Å². The molecule has 6 heteroatoms. The van der Waals surface area contributed by atoms with Crippen LogP contribution >= 0.6 is 0 Å². The molecule has 3 nitrogen and oxygen atoms in total. The van der Waals surface area contributed by atoms with E-state index in [9.17, 15) is 18.0 Å². The number of halogens is 3. The quantitative estimate of drug-likeness (QED) is 0.928. The summed E-state index contributed by atoms with van der Waals surface area (Å²) in [6, 6.07) is 10.4. The lowest BCUT2D eigenvalue weighted by molar-refractivity contribution is -0.137. The number of hydrogen-bond donors (Lipinski definition) is 1. The average molecular weight is 296 g/mol. The van der Waals surface area contributed by atoms with Crippen LogP contribution in [0.15, 0.2) is 48.5 Å². The zero-order valence-corrected chi connectivity index (χ0v) is 10.7. The predicted molar refractivity (Wildman–Crippen MR) is 69.2 cm³/mol. The summed E-state index contributed by atoms with van der Waals surface area (Å²) in [5.41, 5.74) is 0.147. The van der Waals surface area contributed by atoms with E-state index in [-0.39, 0.29) is 12.2 Å². The molecule has 0 aromatic heterocycles. The van der Waals surface area contributed by atoms with Gasteiger partial charge in [-0.3, -0.25) is 0 Å². The SMILES string of the molecule is O=C(O)c1ccc(COc2ccc(C(F)(F)F)cc2)cc1. The average Bonchev–Trinajstić information content (AvgIpc) is 2.45. The molecule has 0 fully saturated rings. The molecule has 0 aliphatic carbocycles. The molecule has 110 valence electrons. The van der Waals surface area contributed by atoms with E-state index < -0.39 is 17.7 Å². The Morgan fingerprint density at radius 2 is 1.57 bits per heavy atom. The lowest BCUT2D eigenvalue weighted by Gasteiger charge is -2.09. The first kappa shape index (κ1) is 14.9. The second kappa shape index (κ2) is 5.87. The summed E-state index contributed by atoms with van der Waals surface area (Å²) in [6.45, 7) is 0.144. The number of aromatic carboxylic acids is 1. The molecule has 2 rings (SSSR count). The maximum Gasteiger partial charge on any atom is 0.416 e. The number of rotatable bonds is 4. The van der Waals surface area contributed by atoms with Gasteiger partial charge in [-0.1, -0.05) is 12.1 Å². The molecule has 21 heavy (non-hydrogen) atoms. The van der Waals surface area contributed by atoms with Crippen LogP contribution in [-0.4, -0.2) is 11.1 Å². The van der Waals surface area contributed by atoms with Gasteiger partial charge in [0.1, 0.15) is 12.4 Å². The third-order valence-electron chi connectivity index (χ3n) is 2.79. The van der Waals surface area contributed by atoms with Crippen molar-refractivity contribution in [3.8, 4) is 5.75 Å². The first-order valence-corrected chi connectivity index (χ1v) is 5.98. The molecule has 0 saturated carbocycles. The van der Waals surface area contributed by atoms with Gasteiger partial charge in [-0.15, -0.1) is 0 Å². The van der Waals surface area contributed by atoms with Gasteiger partial charge in [-0.2, -0.15) is 13.2 Å². The van der Waals surface area contributed by atoms with Gasteiger partial charge in [0.15, 0.2) is 0 Å². The minimum atomic E-state index is -4.37. The largest absolute Gasteiger partial charge is 0.489 e. The third-order valence-corrected chi connectivity index (χ3v) is 2.79. The number of carboxylic acids is 1. The van der Waals surface area contributed by atoms with Crippen molar-refractivity contribution in [3.63, 3.8) is 0 Å². The van der Waals surface area contributed by atoms with Crippen molar-refractivity contribution >= 4 is 5.97 Å². The fourth-order valence-corrected chi connectivity index (χ4v) is 1.65. The number of benzene rings is 2. The summed E-state index contributed by atoms with van der Waals surface area (Å²) in [6.07, 6.45) is -4.37. The second-order valence-corrected chi connectivity index (χ2v) is 4.31. The van der Waals surface area contributed by atoms with E-state index >= 15 is 0 Å². The van der Waals surface area contributed by atoms with Crippen molar-refractivity contribution in [1.29, 1.82) is 0 Å². The highest BCUT2D eigenvalue weighted by Gasteiger charge is 2.29. The van der Waals surface area contributed by atoms with Crippen LogP contribution in [0.25, 0.3) is 0 Å². The standard InChI is InChI=1S/C15H11F3O3/c16-15(17,18)12-5-7-13(8-6-12)21-9-10-1-3-11(4-2-10)14(19)20/h1-8H,9H2,(H,19,20). The number of carbonyl (C=O) groups is 1. The summed E-state index contributed by atoms with van der Waals surface area (Å²) in [7, 11) is 0. The number of ether oxygens (including phenoxy) is 1. The van der Waals surface area contributed by atoms with Crippen molar-refractivity contribution in [2.24, 2.45) is 0 Å². The Balaban J connectivity index is 1.98. The number of hydrogen-bond acceptors (Lipinski definition) is 2. The van der Waals surface area contributed by atoms with Gasteiger partial charge in [0.2, 0.25) is 0 Å². The fourth-order valence-electron chi connectivity index (χ4n) is 1.65. The van der Waals surface area contributed by atoms with Crippen molar-refractivity contribution in [2.45, 2.75) is 12.8 Å². The first-order valence-electron chi connectivity index (χ1n) is 5.98. The van der Waals surface area contributed by atoms with Gasteiger partial charge in [0.05, 0.1) is 11.1 Å². The van der Waals surface area contributed by atoms with Crippen molar-refractivity contribution in [2.75, 3.05) is 0 Å². The molecule has 0 spiro atoms. The summed E-state index contributed by atoms with van der Waals surface area (Å²) < 4.78 is 42.5. The molecule has 0 aliphatic heterocycles. The molecule has 2 aromatic rings. The van der Waals surface area contributed by atoms with Gasteiger partial charge in [-0.25, -0.2) is 4.79 Å². The van der Waals surface area contributed by atoms with Gasteiger partial charge in [0.25, 0.3) is 0 Å². The van der Waals surface area contributed by atoms with Gasteiger partial charge in [-0.05, 0) is 42.0 Å². The van der Waals surface area contributed by atoms with Crippen LogP contribution in [0.1, 0.15) is 21.5 Å². The van der Waals surface area contributed by atoms with Crippen LogP contribution in [0.5, 0.6) is 5.75 Å². The summed E-state index contributed by atoms with van der Waals surface area (Å²) >= 11 is 0. The highest BCUT2D eigenvalue weighted by Crippen LogP contribution is 2.30. The van der Waals surface area contributed by atoms with E-state index in [0.717, 1.165) is 17.7 Å². The normalized spacial score (nSPS) is 11.2. The Morgan fingerprint density at radius 3 is 2.05 bits per heavy atom. The van der Waals surface area contributed by atoms with Crippen LogP contribution in [0.4, 0.5) is 13.2 Å². The molecular weight excluding hydrogens is 285 g/mol. The Bertz CT molecular complexity index is 616. The van der Waals surface area contributed by atoms with E-state index in [1.54, 1.807) is 12.1 Å². The minimum absolute atomic E-state index is 0.144. The van der Waals surface area contributed by atoms with Crippen LogP contribution in [0.2, 0.25) is 0 Å². The molecule has 2 aromatic carbocycles. The highest BCUT2D eigenvalue weighted by atomic mass is 19.4. The third kappa shape index (κ3) is 3.98. The van der Waals surface area contributed by atoms with E-state index in [2.05, 4.69) is 0 Å². The van der Waals surface area contributed by atoms with E-state index in [1.165, 1.54) is 24.3 Å². The molecule has 0 amide bonds. The summed E-state index contributed by atoms with van der Waals surface area (Å²) in [4.78, 5) is 10.7. The van der Waals surface area contributed by atoms with Gasteiger partial charge in [0, 0.05) is 0 Å². The molecule has 0 heterocycles. The van der Waals surface area contributed by atoms with Gasteiger partial charge >= 0.3 is 12.1 Å². The molecule has 0 bridgehead atoms. The molecular formula is C15H11F3O3. The second-order valence-electron chi connectivity index (χ2n) is 4.31. The molecule has 1 N–H and O–H groups in total. The Kier molecular flexibility index (Phi) is 4.16. The minimum Gasteiger partial charge on any atom is -0.489 e. The topological polar surface area (TPSA) is 46.5 Å². The maximum atomic E-state index is 12.4. The first-order chi connectivity index (χ1) is 9.86. The summed E-state index contributed by atoms with van der Waals surface area (Å²) in [5, 5.41) is 8.75. The fraction of sp³-hybridized carbons (Fsp3) is 0.133. The Labute approximate surface area is 118 Å². The summed E-state index contributed by atoms with van der Waals surface area (Å²) in [5.74, 6) is -0.712. The van der Waals surface area contributed by atoms with E-state index in [1.807, 2.05) is 0 Å². The van der Waals surface area contributed by atoms with Gasteiger partial charge < -0.3 is 9.84 Å². The predicted octanol–water partition coefficient (Wildman–Crippen LogP) is 3.98. The molecule has 0 saturated heterocycles. The monoisotopic (exact) mass is 296 g/mol. The zero-order chi connectivity index (χ0) is 15.5. The van der Waals surface area contributed by atoms with Crippen LogP contribution in [-0.2, 0) is 12.8 Å². The zero-order valence-electron chi connectivity index (χ0n) is 10.7.